The van der Waals surface area contributed by atoms with Gasteiger partial charge in [-0.3, -0.25) is 9.59 Å². The number of amides is 1. The van der Waals surface area contributed by atoms with Crippen LogP contribution in [0.5, 0.6) is 0 Å². The third-order valence-corrected chi connectivity index (χ3v) is 6.58. The van der Waals surface area contributed by atoms with Gasteiger partial charge in [0.1, 0.15) is 0 Å². The lowest BCUT2D eigenvalue weighted by Crippen LogP contribution is -2.23. The second-order valence-electron chi connectivity index (χ2n) is 9.83. The van der Waals surface area contributed by atoms with Gasteiger partial charge in [-0.25, -0.2) is 0 Å². The number of aliphatic hydroxyl groups excluding tert-OH is 1. The minimum atomic E-state index is -0.250. The molecule has 0 bridgehead atoms. The smallest absolute Gasteiger partial charge is 0.305 e. The van der Waals surface area contributed by atoms with E-state index in [4.69, 9.17) is 10.5 Å². The summed E-state index contributed by atoms with van der Waals surface area (Å²) in [5, 5.41) is 10.0. The minimum absolute atomic E-state index is 0.0783. The minimum Gasteiger partial charge on any atom is -0.466 e. The lowest BCUT2D eigenvalue weighted by molar-refractivity contribution is -0.143. The van der Waals surface area contributed by atoms with Crippen molar-refractivity contribution in [3.05, 3.63) is 0 Å². The predicted octanol–water partition coefficient (Wildman–Crippen LogP) is 7.22. The number of aliphatic hydroxyl groups is 1. The molecule has 0 aliphatic rings. The zero-order valence-electron chi connectivity index (χ0n) is 22.0. The zero-order chi connectivity index (χ0) is 24.6. The zero-order valence-corrected chi connectivity index (χ0v) is 22.0. The van der Waals surface area contributed by atoms with Crippen molar-refractivity contribution in [3.8, 4) is 0 Å². The number of primary amides is 1. The second-order valence-corrected chi connectivity index (χ2v) is 9.83. The Morgan fingerprint density at radius 1 is 0.667 bits per heavy atom. The van der Waals surface area contributed by atoms with Crippen LogP contribution in [0.4, 0.5) is 0 Å². The molecular weight excluding hydrogens is 414 g/mol. The van der Waals surface area contributed by atoms with Crippen LogP contribution in [0.1, 0.15) is 149 Å². The largest absolute Gasteiger partial charge is 0.466 e. The lowest BCUT2D eigenvalue weighted by atomic mass is 9.93. The van der Waals surface area contributed by atoms with Crippen LogP contribution in [-0.2, 0) is 14.3 Å². The van der Waals surface area contributed by atoms with E-state index in [-0.39, 0.29) is 23.9 Å². The Hall–Kier alpha value is -1.10. The van der Waals surface area contributed by atoms with E-state index in [1.54, 1.807) is 0 Å². The molecule has 5 heteroatoms. The Morgan fingerprint density at radius 2 is 1.15 bits per heavy atom. The summed E-state index contributed by atoms with van der Waals surface area (Å²) in [7, 11) is 0. The van der Waals surface area contributed by atoms with Gasteiger partial charge in [-0.15, -0.1) is 0 Å². The van der Waals surface area contributed by atoms with Crippen LogP contribution in [0.2, 0.25) is 0 Å². The van der Waals surface area contributed by atoms with E-state index in [0.717, 1.165) is 89.9 Å². The molecule has 33 heavy (non-hydrogen) atoms. The standard InChI is InChI=1S/C28H55NO4/c1-3-5-7-8-9-10-13-17-24-33-27(31)23-16-12-11-15-19-25(28(29)32)20-18-22-26(30)21-14-6-4-2/h25-26,30H,3-24H2,1-2H3,(H2,29,32). The van der Waals surface area contributed by atoms with E-state index in [9.17, 15) is 14.7 Å². The Balaban J connectivity index is 3.61. The van der Waals surface area contributed by atoms with Crippen LogP contribution >= 0.6 is 0 Å². The molecule has 1 amide bonds. The van der Waals surface area contributed by atoms with Crippen molar-refractivity contribution in [2.24, 2.45) is 11.7 Å². The van der Waals surface area contributed by atoms with Gasteiger partial charge in [0.2, 0.25) is 5.91 Å². The maximum absolute atomic E-state index is 11.8. The molecule has 2 unspecified atom stereocenters. The molecule has 0 aliphatic carbocycles. The molecule has 0 heterocycles. The summed E-state index contributed by atoms with van der Waals surface area (Å²) in [6.45, 7) is 4.95. The topological polar surface area (TPSA) is 89.6 Å². The van der Waals surface area contributed by atoms with Gasteiger partial charge in [-0.1, -0.05) is 104 Å². The number of nitrogens with two attached hydrogens (primary N) is 1. The van der Waals surface area contributed by atoms with Crippen LogP contribution in [0.25, 0.3) is 0 Å². The number of esters is 1. The van der Waals surface area contributed by atoms with Gasteiger partial charge in [-0.2, -0.15) is 0 Å². The molecule has 0 fully saturated rings. The highest BCUT2D eigenvalue weighted by Crippen LogP contribution is 2.19. The van der Waals surface area contributed by atoms with E-state index in [0.29, 0.717) is 13.0 Å². The monoisotopic (exact) mass is 469 g/mol. The highest BCUT2D eigenvalue weighted by atomic mass is 16.5. The Labute approximate surface area is 204 Å². The van der Waals surface area contributed by atoms with Crippen LogP contribution in [0, 0.1) is 5.92 Å². The fourth-order valence-corrected chi connectivity index (χ4v) is 4.31. The summed E-state index contributed by atoms with van der Waals surface area (Å²) in [5.41, 5.74) is 5.57. The maximum Gasteiger partial charge on any atom is 0.305 e. The van der Waals surface area contributed by atoms with Gasteiger partial charge in [0.25, 0.3) is 0 Å². The molecule has 2 atom stereocenters. The summed E-state index contributed by atoms with van der Waals surface area (Å²) in [4.78, 5) is 23.6. The molecular formula is C28H55NO4. The summed E-state index contributed by atoms with van der Waals surface area (Å²) in [6, 6.07) is 0. The Morgan fingerprint density at radius 3 is 1.82 bits per heavy atom. The van der Waals surface area contributed by atoms with Crippen molar-refractivity contribution in [2.75, 3.05) is 6.61 Å². The van der Waals surface area contributed by atoms with E-state index in [1.807, 2.05) is 0 Å². The molecule has 0 aromatic rings. The maximum atomic E-state index is 11.8. The van der Waals surface area contributed by atoms with Crippen molar-refractivity contribution in [3.63, 3.8) is 0 Å². The number of carbonyl (C=O) groups is 2. The number of unbranched alkanes of at least 4 members (excludes halogenated alkanes) is 12. The van der Waals surface area contributed by atoms with Crippen molar-refractivity contribution >= 4 is 11.9 Å². The van der Waals surface area contributed by atoms with E-state index < -0.39 is 0 Å². The predicted molar refractivity (Wildman–Crippen MR) is 138 cm³/mol. The number of hydrogen-bond donors (Lipinski definition) is 2. The molecule has 0 rings (SSSR count). The summed E-state index contributed by atoms with van der Waals surface area (Å²) >= 11 is 0. The van der Waals surface area contributed by atoms with E-state index in [1.165, 1.54) is 38.5 Å². The lowest BCUT2D eigenvalue weighted by Gasteiger charge is -2.15. The fraction of sp³-hybridized carbons (Fsp3) is 0.929. The number of rotatable bonds is 25. The number of hydrogen-bond acceptors (Lipinski definition) is 4. The Kier molecular flexibility index (Phi) is 23.2. The van der Waals surface area contributed by atoms with Crippen molar-refractivity contribution in [2.45, 2.75) is 155 Å². The second kappa shape index (κ2) is 24.0. The molecule has 3 N–H and O–H groups in total. The molecule has 0 aromatic carbocycles. The van der Waals surface area contributed by atoms with Crippen LogP contribution in [0.15, 0.2) is 0 Å². The van der Waals surface area contributed by atoms with Crippen molar-refractivity contribution in [1.82, 2.24) is 0 Å². The van der Waals surface area contributed by atoms with Gasteiger partial charge >= 0.3 is 5.97 Å². The highest BCUT2D eigenvalue weighted by Gasteiger charge is 2.15. The first-order chi connectivity index (χ1) is 16.0. The van der Waals surface area contributed by atoms with Gasteiger partial charge in [-0.05, 0) is 38.5 Å². The number of carbonyl (C=O) groups excluding carboxylic acids is 2. The van der Waals surface area contributed by atoms with Crippen molar-refractivity contribution < 1.29 is 19.4 Å². The highest BCUT2D eigenvalue weighted by molar-refractivity contribution is 5.76. The third kappa shape index (κ3) is 22.5. The SMILES string of the molecule is CCCCCCCCCCOC(=O)CCCCCCC(CCCC(O)CCCCC)C(N)=O. The normalized spacial score (nSPS) is 13.1. The van der Waals surface area contributed by atoms with Crippen LogP contribution in [0.3, 0.4) is 0 Å². The average Bonchev–Trinajstić information content (AvgIpc) is 2.79. The number of ether oxygens (including phenoxy) is 1. The van der Waals surface area contributed by atoms with Gasteiger partial charge < -0.3 is 15.6 Å². The van der Waals surface area contributed by atoms with Crippen LogP contribution < -0.4 is 5.73 Å². The summed E-state index contributed by atoms with van der Waals surface area (Å²) in [6.07, 6.45) is 21.5. The fourth-order valence-electron chi connectivity index (χ4n) is 4.31. The van der Waals surface area contributed by atoms with Gasteiger partial charge in [0, 0.05) is 12.3 Å². The Bertz CT molecular complexity index is 455. The van der Waals surface area contributed by atoms with Crippen molar-refractivity contribution in [1.29, 1.82) is 0 Å². The molecule has 0 aromatic heterocycles. The molecule has 0 aliphatic heterocycles. The first-order valence-corrected chi connectivity index (χ1v) is 14.1. The van der Waals surface area contributed by atoms with Gasteiger partial charge in [0.15, 0.2) is 0 Å². The van der Waals surface area contributed by atoms with Crippen LogP contribution in [-0.4, -0.2) is 29.7 Å². The third-order valence-electron chi connectivity index (χ3n) is 6.58. The molecule has 0 spiro atoms. The average molecular weight is 470 g/mol. The molecule has 5 nitrogen and oxygen atoms in total. The first kappa shape index (κ1) is 31.9. The quantitative estimate of drug-likeness (QED) is 0.109. The first-order valence-electron chi connectivity index (χ1n) is 14.1. The molecule has 196 valence electrons. The van der Waals surface area contributed by atoms with E-state index >= 15 is 0 Å². The molecule has 0 saturated carbocycles. The summed E-state index contributed by atoms with van der Waals surface area (Å²) in [5.74, 6) is -0.394. The molecule has 0 radical (unpaired) electrons. The molecule has 0 saturated heterocycles. The van der Waals surface area contributed by atoms with Gasteiger partial charge in [0.05, 0.1) is 12.7 Å². The summed E-state index contributed by atoms with van der Waals surface area (Å²) < 4.78 is 5.34. The van der Waals surface area contributed by atoms with E-state index in [2.05, 4.69) is 13.8 Å².